The molecular formula is C19H15N3O2S2. The summed E-state index contributed by atoms with van der Waals surface area (Å²) in [7, 11) is 0. The normalized spacial score (nSPS) is 10.8. The fourth-order valence-corrected chi connectivity index (χ4v) is 4.08. The Morgan fingerprint density at radius 3 is 2.62 bits per heavy atom. The number of carbonyl (C=O) groups excluding carboxylic acids is 1. The average molecular weight is 381 g/mol. The maximum atomic E-state index is 12.9. The molecule has 0 unspecified atom stereocenters. The van der Waals surface area contributed by atoms with Gasteiger partial charge in [-0.15, -0.1) is 10.2 Å². The molecule has 3 heterocycles. The number of hydrogen-bond acceptors (Lipinski definition) is 6. The van der Waals surface area contributed by atoms with Crippen LogP contribution in [0.15, 0.2) is 51.6 Å². The summed E-state index contributed by atoms with van der Waals surface area (Å²) in [5.74, 6) is 1.05. The fraction of sp³-hybridized carbons (Fsp3) is 0.105. The Labute approximate surface area is 158 Å². The number of benzene rings is 1. The predicted molar refractivity (Wildman–Crippen MR) is 105 cm³/mol. The van der Waals surface area contributed by atoms with Crippen LogP contribution in [0.4, 0.5) is 5.13 Å². The molecular weight excluding hydrogens is 366 g/mol. The minimum Gasteiger partial charge on any atom is -0.460 e. The van der Waals surface area contributed by atoms with Crippen molar-refractivity contribution in [2.45, 2.75) is 13.8 Å². The van der Waals surface area contributed by atoms with E-state index in [0.29, 0.717) is 16.5 Å². The second-order valence-corrected chi connectivity index (χ2v) is 7.49. The first-order valence-corrected chi connectivity index (χ1v) is 9.72. The molecule has 4 rings (SSSR count). The molecule has 0 aliphatic heterocycles. The topological polar surface area (TPSA) is 68.0 Å². The summed E-state index contributed by atoms with van der Waals surface area (Å²) in [6.07, 6.45) is 0. The summed E-state index contributed by atoms with van der Waals surface area (Å²) < 4.78 is 5.86. The zero-order chi connectivity index (χ0) is 18.1. The molecule has 5 nitrogen and oxygen atoms in total. The van der Waals surface area contributed by atoms with Crippen LogP contribution in [0.2, 0.25) is 0 Å². The number of nitrogens with zero attached hydrogens (tertiary/aromatic N) is 2. The Morgan fingerprint density at radius 2 is 1.88 bits per heavy atom. The largest absolute Gasteiger partial charge is 0.460 e. The quantitative estimate of drug-likeness (QED) is 0.514. The van der Waals surface area contributed by atoms with E-state index in [-0.39, 0.29) is 5.91 Å². The number of aromatic nitrogens is 2. The van der Waals surface area contributed by atoms with Gasteiger partial charge in [-0.25, -0.2) is 0 Å². The molecule has 7 heteroatoms. The van der Waals surface area contributed by atoms with E-state index < -0.39 is 0 Å². The number of carbonyl (C=O) groups is 1. The summed E-state index contributed by atoms with van der Waals surface area (Å²) in [6.45, 7) is 3.75. The molecule has 0 aliphatic carbocycles. The van der Waals surface area contributed by atoms with Crippen molar-refractivity contribution in [3.05, 3.63) is 64.0 Å². The second kappa shape index (κ2) is 6.86. The van der Waals surface area contributed by atoms with Gasteiger partial charge in [-0.3, -0.25) is 10.1 Å². The lowest BCUT2D eigenvalue weighted by molar-refractivity contribution is 0.102. The van der Waals surface area contributed by atoms with E-state index in [4.69, 9.17) is 4.42 Å². The van der Waals surface area contributed by atoms with Crippen molar-refractivity contribution in [2.24, 2.45) is 0 Å². The van der Waals surface area contributed by atoms with Gasteiger partial charge in [0.1, 0.15) is 16.5 Å². The van der Waals surface area contributed by atoms with Crippen LogP contribution in [0.25, 0.3) is 21.9 Å². The third kappa shape index (κ3) is 3.07. The molecule has 26 heavy (non-hydrogen) atoms. The molecule has 4 aromatic rings. The van der Waals surface area contributed by atoms with Gasteiger partial charge in [0.05, 0.1) is 5.56 Å². The highest BCUT2D eigenvalue weighted by atomic mass is 32.1. The van der Waals surface area contributed by atoms with Crippen molar-refractivity contribution >= 4 is 33.7 Å². The summed E-state index contributed by atoms with van der Waals surface area (Å²) >= 11 is 2.95. The minimum absolute atomic E-state index is 0.244. The van der Waals surface area contributed by atoms with Crippen LogP contribution in [-0.2, 0) is 0 Å². The van der Waals surface area contributed by atoms with Crippen LogP contribution >= 0.6 is 22.7 Å². The number of nitrogens with one attached hydrogen (secondary N) is 1. The van der Waals surface area contributed by atoms with Crippen molar-refractivity contribution in [3.8, 4) is 21.9 Å². The summed E-state index contributed by atoms with van der Waals surface area (Å²) in [6, 6.07) is 11.6. The number of anilines is 1. The SMILES string of the molecule is Cc1oc(-c2ccccc2)c(C(=O)Nc2nnc(-c3ccsc3)s2)c1C. The van der Waals surface area contributed by atoms with Gasteiger partial charge in [-0.2, -0.15) is 11.3 Å². The number of hydrogen-bond donors (Lipinski definition) is 1. The molecule has 0 bridgehead atoms. The van der Waals surface area contributed by atoms with E-state index in [0.717, 1.165) is 27.5 Å². The first-order valence-electron chi connectivity index (χ1n) is 7.96. The molecule has 0 atom stereocenters. The molecule has 1 aromatic carbocycles. The molecule has 130 valence electrons. The van der Waals surface area contributed by atoms with Gasteiger partial charge in [-0.1, -0.05) is 41.7 Å². The zero-order valence-corrected chi connectivity index (χ0v) is 15.8. The first-order chi connectivity index (χ1) is 12.6. The number of thiophene rings is 1. The van der Waals surface area contributed by atoms with E-state index in [2.05, 4.69) is 15.5 Å². The van der Waals surface area contributed by atoms with Crippen LogP contribution in [0.1, 0.15) is 21.7 Å². The molecule has 3 aromatic heterocycles. The molecule has 0 radical (unpaired) electrons. The van der Waals surface area contributed by atoms with Gasteiger partial charge in [0.25, 0.3) is 5.91 Å². The van der Waals surface area contributed by atoms with Crippen LogP contribution < -0.4 is 5.32 Å². The van der Waals surface area contributed by atoms with E-state index in [1.54, 1.807) is 11.3 Å². The molecule has 0 spiro atoms. The van der Waals surface area contributed by atoms with Gasteiger partial charge >= 0.3 is 0 Å². The van der Waals surface area contributed by atoms with E-state index >= 15 is 0 Å². The zero-order valence-electron chi connectivity index (χ0n) is 14.1. The number of rotatable bonds is 4. The number of amides is 1. The lowest BCUT2D eigenvalue weighted by Gasteiger charge is -2.04. The van der Waals surface area contributed by atoms with Crippen molar-refractivity contribution in [1.29, 1.82) is 0 Å². The highest BCUT2D eigenvalue weighted by molar-refractivity contribution is 7.19. The first kappa shape index (κ1) is 16.7. The van der Waals surface area contributed by atoms with E-state index in [1.807, 2.05) is 61.0 Å². The van der Waals surface area contributed by atoms with Gasteiger partial charge in [0.15, 0.2) is 0 Å². The highest BCUT2D eigenvalue weighted by Crippen LogP contribution is 2.33. The molecule has 1 N–H and O–H groups in total. The van der Waals surface area contributed by atoms with Crippen LogP contribution in [0.5, 0.6) is 0 Å². The van der Waals surface area contributed by atoms with Gasteiger partial charge in [-0.05, 0) is 25.3 Å². The Hall–Kier alpha value is -2.77. The molecule has 0 fully saturated rings. The van der Waals surface area contributed by atoms with Gasteiger partial charge in [0, 0.05) is 22.1 Å². The molecule has 0 saturated carbocycles. The molecule has 1 amide bonds. The maximum absolute atomic E-state index is 12.9. The predicted octanol–water partition coefficient (Wildman–Crippen LogP) is 5.40. The fourth-order valence-electron chi connectivity index (χ4n) is 2.63. The van der Waals surface area contributed by atoms with Crippen LogP contribution in [0.3, 0.4) is 0 Å². The standard InChI is InChI=1S/C19H15N3O2S2/c1-11-12(2)24-16(13-6-4-3-5-7-13)15(11)17(23)20-19-22-21-18(26-19)14-8-9-25-10-14/h3-10H,1-2H3,(H,20,22,23). The van der Waals surface area contributed by atoms with E-state index in [1.165, 1.54) is 11.3 Å². The minimum atomic E-state index is -0.244. The van der Waals surface area contributed by atoms with Gasteiger partial charge < -0.3 is 4.42 Å². The Kier molecular flexibility index (Phi) is 4.40. The van der Waals surface area contributed by atoms with Crippen molar-refractivity contribution in [3.63, 3.8) is 0 Å². The van der Waals surface area contributed by atoms with E-state index in [9.17, 15) is 4.79 Å². The van der Waals surface area contributed by atoms with Crippen molar-refractivity contribution in [1.82, 2.24) is 10.2 Å². The van der Waals surface area contributed by atoms with Gasteiger partial charge in [0.2, 0.25) is 5.13 Å². The van der Waals surface area contributed by atoms with Crippen molar-refractivity contribution in [2.75, 3.05) is 5.32 Å². The Bertz CT molecular complexity index is 1050. The average Bonchev–Trinajstić information content (AvgIpc) is 3.37. The van der Waals surface area contributed by atoms with Crippen LogP contribution in [-0.4, -0.2) is 16.1 Å². The highest BCUT2D eigenvalue weighted by Gasteiger charge is 2.23. The summed E-state index contributed by atoms with van der Waals surface area (Å²) in [4.78, 5) is 12.9. The maximum Gasteiger partial charge on any atom is 0.261 e. The lowest BCUT2D eigenvalue weighted by atomic mass is 10.0. The third-order valence-corrected chi connectivity index (χ3v) is 5.63. The third-order valence-electron chi connectivity index (χ3n) is 4.06. The monoisotopic (exact) mass is 381 g/mol. The Morgan fingerprint density at radius 1 is 1.08 bits per heavy atom. The lowest BCUT2D eigenvalue weighted by Crippen LogP contribution is -2.13. The molecule has 0 saturated heterocycles. The second-order valence-electron chi connectivity index (χ2n) is 5.73. The van der Waals surface area contributed by atoms with Crippen LogP contribution in [0, 0.1) is 13.8 Å². The number of furan rings is 1. The number of aryl methyl sites for hydroxylation is 1. The molecule has 0 aliphatic rings. The van der Waals surface area contributed by atoms with Crippen molar-refractivity contribution < 1.29 is 9.21 Å². The Balaban J connectivity index is 1.65. The summed E-state index contributed by atoms with van der Waals surface area (Å²) in [5.41, 5.74) is 3.23. The summed E-state index contributed by atoms with van der Waals surface area (Å²) in [5, 5.41) is 16.3. The smallest absolute Gasteiger partial charge is 0.261 e.